The lowest BCUT2D eigenvalue weighted by Gasteiger charge is -2.16. The smallest absolute Gasteiger partial charge is 0.255 e. The number of sulfonamides is 2. The maximum Gasteiger partial charge on any atom is 0.255 e. The Labute approximate surface area is 169 Å². The van der Waals surface area contributed by atoms with Crippen LogP contribution in [0.25, 0.3) is 17.2 Å². The number of rotatable bonds is 6. The molecule has 0 spiro atoms. The molecule has 0 unspecified atom stereocenters. The highest BCUT2D eigenvalue weighted by atomic mass is 32.2. The van der Waals surface area contributed by atoms with Crippen molar-refractivity contribution in [3.8, 4) is 11.1 Å². The Morgan fingerprint density at radius 3 is 2.17 bits per heavy atom. The van der Waals surface area contributed by atoms with Gasteiger partial charge in [-0.2, -0.15) is 0 Å². The molecule has 0 aliphatic heterocycles. The standard InChI is InChI=1S/C20H19FN2O4S2/c21-18-7-4-8-19(20(18)29(22,26)27)23-28(24,25)14-13-15-9-11-17(12-10-15)16-5-2-1-3-6-16/h1-3,5-6,8-14,23H,4,7H2,(H2,22,26,27)/b14-13+. The van der Waals surface area contributed by atoms with Crippen molar-refractivity contribution < 1.29 is 21.2 Å². The Morgan fingerprint density at radius 1 is 0.931 bits per heavy atom. The summed E-state index contributed by atoms with van der Waals surface area (Å²) in [6, 6.07) is 16.9. The SMILES string of the molecule is NS(=O)(=O)C1=C(F)CCC=C1NS(=O)(=O)/C=C/c1ccc(-c2ccccc2)cc1. The summed E-state index contributed by atoms with van der Waals surface area (Å²) >= 11 is 0. The number of halogens is 1. The number of benzene rings is 2. The minimum Gasteiger partial charge on any atom is -0.279 e. The molecule has 0 saturated heterocycles. The van der Waals surface area contributed by atoms with Crippen LogP contribution in [0.2, 0.25) is 0 Å². The molecule has 0 radical (unpaired) electrons. The van der Waals surface area contributed by atoms with Gasteiger partial charge in [-0.3, -0.25) is 4.72 Å². The lowest BCUT2D eigenvalue weighted by Crippen LogP contribution is -2.29. The molecule has 2 aromatic carbocycles. The van der Waals surface area contributed by atoms with Gasteiger partial charge in [-0.05, 0) is 29.2 Å². The lowest BCUT2D eigenvalue weighted by atomic mass is 10.0. The normalized spacial score (nSPS) is 15.4. The third-order valence-electron chi connectivity index (χ3n) is 4.20. The number of nitrogens with one attached hydrogen (secondary N) is 1. The van der Waals surface area contributed by atoms with Crippen LogP contribution in [0.1, 0.15) is 18.4 Å². The second kappa shape index (κ2) is 8.32. The van der Waals surface area contributed by atoms with Gasteiger partial charge in [0.1, 0.15) is 10.7 Å². The van der Waals surface area contributed by atoms with Gasteiger partial charge in [-0.1, -0.05) is 60.7 Å². The van der Waals surface area contributed by atoms with E-state index in [-0.39, 0.29) is 18.5 Å². The van der Waals surface area contributed by atoms with E-state index in [0.717, 1.165) is 16.5 Å². The lowest BCUT2D eigenvalue weighted by molar-refractivity contribution is 0.566. The maximum atomic E-state index is 13.9. The predicted molar refractivity (Wildman–Crippen MR) is 112 cm³/mol. The molecular formula is C20H19FN2O4S2. The highest BCUT2D eigenvalue weighted by Gasteiger charge is 2.27. The van der Waals surface area contributed by atoms with Crippen molar-refractivity contribution in [1.29, 1.82) is 0 Å². The Hall–Kier alpha value is -2.75. The summed E-state index contributed by atoms with van der Waals surface area (Å²) < 4.78 is 63.9. The van der Waals surface area contributed by atoms with Gasteiger partial charge < -0.3 is 0 Å². The second-order valence-corrected chi connectivity index (χ2v) is 9.44. The highest BCUT2D eigenvalue weighted by molar-refractivity contribution is 7.94. The third kappa shape index (κ3) is 5.41. The van der Waals surface area contributed by atoms with Crippen molar-refractivity contribution in [3.63, 3.8) is 0 Å². The Morgan fingerprint density at radius 2 is 1.55 bits per heavy atom. The van der Waals surface area contributed by atoms with E-state index < -0.39 is 30.8 Å². The van der Waals surface area contributed by atoms with Crippen molar-refractivity contribution in [2.75, 3.05) is 0 Å². The molecule has 2 aromatic rings. The van der Waals surface area contributed by atoms with E-state index in [9.17, 15) is 21.2 Å². The number of nitrogens with two attached hydrogens (primary N) is 1. The minimum atomic E-state index is -4.41. The zero-order valence-electron chi connectivity index (χ0n) is 15.2. The molecule has 3 rings (SSSR count). The largest absolute Gasteiger partial charge is 0.279 e. The Balaban J connectivity index is 1.77. The molecule has 0 heterocycles. The van der Waals surface area contributed by atoms with Gasteiger partial charge in [0.2, 0.25) is 10.0 Å². The molecule has 3 N–H and O–H groups in total. The molecule has 0 aromatic heterocycles. The van der Waals surface area contributed by atoms with Crippen molar-refractivity contribution in [1.82, 2.24) is 4.72 Å². The van der Waals surface area contributed by atoms with E-state index in [4.69, 9.17) is 5.14 Å². The average molecular weight is 435 g/mol. The fourth-order valence-electron chi connectivity index (χ4n) is 2.86. The summed E-state index contributed by atoms with van der Waals surface area (Å²) in [7, 11) is -8.49. The van der Waals surface area contributed by atoms with Gasteiger partial charge in [-0.15, -0.1) is 0 Å². The highest BCUT2D eigenvalue weighted by Crippen LogP contribution is 2.28. The minimum absolute atomic E-state index is 0.152. The predicted octanol–water partition coefficient (Wildman–Crippen LogP) is 3.39. The quantitative estimate of drug-likeness (QED) is 0.727. The average Bonchev–Trinajstić information content (AvgIpc) is 2.66. The Bertz CT molecular complexity index is 1200. The first-order valence-electron chi connectivity index (χ1n) is 8.64. The number of allylic oxidation sites excluding steroid dienone is 2. The molecule has 29 heavy (non-hydrogen) atoms. The zero-order valence-corrected chi connectivity index (χ0v) is 16.9. The van der Waals surface area contributed by atoms with E-state index >= 15 is 0 Å². The van der Waals surface area contributed by atoms with Crippen LogP contribution in [-0.2, 0) is 20.0 Å². The van der Waals surface area contributed by atoms with Gasteiger partial charge in [0.25, 0.3) is 10.0 Å². The fraction of sp³-hybridized carbons (Fsp3) is 0.100. The molecule has 1 aliphatic rings. The molecular weight excluding hydrogens is 415 g/mol. The molecule has 0 bridgehead atoms. The first-order chi connectivity index (χ1) is 13.7. The van der Waals surface area contributed by atoms with Crippen LogP contribution in [0.5, 0.6) is 0 Å². The van der Waals surface area contributed by atoms with Crippen molar-refractivity contribution in [2.24, 2.45) is 5.14 Å². The summed E-state index contributed by atoms with van der Waals surface area (Å²) in [5.41, 5.74) is 2.27. The van der Waals surface area contributed by atoms with Gasteiger partial charge in [0, 0.05) is 6.42 Å². The van der Waals surface area contributed by atoms with E-state index in [0.29, 0.717) is 5.56 Å². The number of hydrogen-bond donors (Lipinski definition) is 2. The first-order valence-corrected chi connectivity index (χ1v) is 11.7. The second-order valence-electron chi connectivity index (χ2n) is 6.37. The molecule has 0 saturated carbocycles. The summed E-state index contributed by atoms with van der Waals surface area (Å²) in [6.45, 7) is 0. The topological polar surface area (TPSA) is 106 Å². The van der Waals surface area contributed by atoms with Crippen LogP contribution in [-0.4, -0.2) is 16.8 Å². The summed E-state index contributed by atoms with van der Waals surface area (Å²) in [5, 5.41) is 5.91. The van der Waals surface area contributed by atoms with Gasteiger partial charge in [0.05, 0.1) is 11.1 Å². The van der Waals surface area contributed by atoms with Gasteiger partial charge in [0.15, 0.2) is 0 Å². The van der Waals surface area contributed by atoms with Crippen molar-refractivity contribution >= 4 is 26.1 Å². The molecule has 152 valence electrons. The van der Waals surface area contributed by atoms with Crippen LogP contribution in [0.3, 0.4) is 0 Å². The van der Waals surface area contributed by atoms with Crippen LogP contribution < -0.4 is 9.86 Å². The monoisotopic (exact) mass is 434 g/mol. The first kappa shape index (κ1) is 21.0. The molecule has 1 aliphatic carbocycles. The van der Waals surface area contributed by atoms with Crippen molar-refractivity contribution in [2.45, 2.75) is 12.8 Å². The molecule has 0 amide bonds. The third-order valence-corrected chi connectivity index (χ3v) is 6.21. The van der Waals surface area contributed by atoms with Crippen LogP contribution in [0.15, 0.2) is 82.5 Å². The van der Waals surface area contributed by atoms with Crippen LogP contribution in [0.4, 0.5) is 4.39 Å². The van der Waals surface area contributed by atoms with Crippen LogP contribution in [0, 0.1) is 0 Å². The van der Waals surface area contributed by atoms with Gasteiger partial charge >= 0.3 is 0 Å². The Kier molecular flexibility index (Phi) is 6.02. The summed E-state index contributed by atoms with van der Waals surface area (Å²) in [6.07, 6.45) is 2.66. The zero-order chi connectivity index (χ0) is 21.1. The van der Waals surface area contributed by atoms with E-state index in [1.807, 2.05) is 42.5 Å². The van der Waals surface area contributed by atoms with Crippen LogP contribution >= 0.6 is 0 Å². The van der Waals surface area contributed by atoms with Crippen molar-refractivity contribution in [3.05, 3.63) is 88.1 Å². The molecule has 0 fully saturated rings. The molecule has 9 heteroatoms. The van der Waals surface area contributed by atoms with E-state index in [2.05, 4.69) is 4.72 Å². The van der Waals surface area contributed by atoms with E-state index in [1.165, 1.54) is 12.2 Å². The maximum absolute atomic E-state index is 13.9. The summed E-state index contributed by atoms with van der Waals surface area (Å²) in [5.74, 6) is -0.965. The fourth-order valence-corrected chi connectivity index (χ4v) is 4.68. The number of hydrogen-bond acceptors (Lipinski definition) is 4. The summed E-state index contributed by atoms with van der Waals surface area (Å²) in [4.78, 5) is -0.826. The number of primary sulfonamides is 1. The van der Waals surface area contributed by atoms with E-state index in [1.54, 1.807) is 12.1 Å². The van der Waals surface area contributed by atoms with Gasteiger partial charge in [-0.25, -0.2) is 26.4 Å². The molecule has 6 nitrogen and oxygen atoms in total. The molecule has 0 atom stereocenters.